The minimum atomic E-state index is 0.671. The summed E-state index contributed by atoms with van der Waals surface area (Å²) in [6.45, 7) is 3.32. The van der Waals surface area contributed by atoms with E-state index >= 15 is 0 Å². The van der Waals surface area contributed by atoms with Gasteiger partial charge in [0.05, 0.1) is 13.2 Å². The Morgan fingerprint density at radius 3 is 1.89 bits per heavy atom. The number of ether oxygens (including phenoxy) is 2. The molecule has 0 aromatic carbocycles. The van der Waals surface area contributed by atoms with Gasteiger partial charge in [0, 0.05) is 14.2 Å². The van der Waals surface area contributed by atoms with Crippen molar-refractivity contribution < 1.29 is 9.47 Å². The van der Waals surface area contributed by atoms with Crippen LogP contribution in [0.1, 0.15) is 6.92 Å². The fraction of sp³-hybridized carbons (Fsp3) is 0.714. The highest BCUT2D eigenvalue weighted by atomic mass is 16.5. The molecule has 0 amide bonds. The van der Waals surface area contributed by atoms with Crippen LogP contribution in [0.3, 0.4) is 0 Å². The molecule has 0 atom stereocenters. The normalized spacial score (nSPS) is 9.22. The first-order chi connectivity index (χ1) is 4.35. The maximum Gasteiger partial charge on any atom is 0.0695 e. The second-order valence-electron chi connectivity index (χ2n) is 1.81. The van der Waals surface area contributed by atoms with E-state index in [0.717, 1.165) is 0 Å². The summed E-state index contributed by atoms with van der Waals surface area (Å²) in [5.41, 5.74) is 1.18. The quantitative estimate of drug-likeness (QED) is 0.533. The molecule has 54 valence electrons. The van der Waals surface area contributed by atoms with Crippen molar-refractivity contribution in [2.45, 2.75) is 6.92 Å². The molecule has 0 fully saturated rings. The van der Waals surface area contributed by atoms with Gasteiger partial charge in [-0.2, -0.15) is 0 Å². The van der Waals surface area contributed by atoms with Gasteiger partial charge in [0.1, 0.15) is 0 Å². The molecule has 0 aromatic rings. The maximum atomic E-state index is 4.90. The Kier molecular flexibility index (Phi) is 5.57. The molecular formula is C7H14O2. The van der Waals surface area contributed by atoms with Crippen LogP contribution in [0.4, 0.5) is 0 Å². The van der Waals surface area contributed by atoms with Crippen molar-refractivity contribution in [1.82, 2.24) is 0 Å². The molecule has 0 unspecified atom stereocenters. The maximum absolute atomic E-state index is 4.90. The fourth-order valence-corrected chi connectivity index (χ4v) is 0.579. The molecule has 0 bridgehead atoms. The molecule has 0 N–H and O–H groups in total. The molecule has 2 heteroatoms. The molecule has 2 nitrogen and oxygen atoms in total. The van der Waals surface area contributed by atoms with E-state index in [1.807, 2.05) is 13.0 Å². The van der Waals surface area contributed by atoms with E-state index in [2.05, 4.69) is 0 Å². The predicted octanol–water partition coefficient (Wildman–Crippen LogP) is 1.23. The first kappa shape index (κ1) is 8.66. The molecule has 0 aliphatic carbocycles. The van der Waals surface area contributed by atoms with Crippen LogP contribution < -0.4 is 0 Å². The monoisotopic (exact) mass is 130 g/mol. The Morgan fingerprint density at radius 1 is 1.22 bits per heavy atom. The lowest BCUT2D eigenvalue weighted by Crippen LogP contribution is -2.00. The number of allylic oxidation sites excluding steroid dienone is 1. The van der Waals surface area contributed by atoms with Gasteiger partial charge in [-0.15, -0.1) is 0 Å². The van der Waals surface area contributed by atoms with Crippen molar-refractivity contribution >= 4 is 0 Å². The predicted molar refractivity (Wildman–Crippen MR) is 37.5 cm³/mol. The number of methoxy groups -OCH3 is 2. The van der Waals surface area contributed by atoms with Crippen LogP contribution in [-0.4, -0.2) is 27.4 Å². The van der Waals surface area contributed by atoms with Crippen molar-refractivity contribution in [3.8, 4) is 0 Å². The highest BCUT2D eigenvalue weighted by Gasteiger charge is 1.91. The molecule has 0 aliphatic heterocycles. The molecule has 0 saturated carbocycles. The Labute approximate surface area is 56.5 Å². The van der Waals surface area contributed by atoms with Gasteiger partial charge < -0.3 is 9.47 Å². The third-order valence-electron chi connectivity index (χ3n) is 1.07. The Balaban J connectivity index is 3.43. The van der Waals surface area contributed by atoms with Crippen LogP contribution in [0.5, 0.6) is 0 Å². The van der Waals surface area contributed by atoms with E-state index in [-0.39, 0.29) is 0 Å². The van der Waals surface area contributed by atoms with E-state index in [0.29, 0.717) is 13.2 Å². The van der Waals surface area contributed by atoms with Gasteiger partial charge in [-0.05, 0) is 12.5 Å². The summed E-state index contributed by atoms with van der Waals surface area (Å²) in [5, 5.41) is 0. The van der Waals surface area contributed by atoms with E-state index < -0.39 is 0 Å². The van der Waals surface area contributed by atoms with Gasteiger partial charge in [-0.1, -0.05) is 6.08 Å². The first-order valence-electron chi connectivity index (χ1n) is 2.97. The van der Waals surface area contributed by atoms with Crippen LogP contribution in [0.15, 0.2) is 11.6 Å². The van der Waals surface area contributed by atoms with Gasteiger partial charge in [0.15, 0.2) is 0 Å². The average Bonchev–Trinajstić information content (AvgIpc) is 1.88. The topological polar surface area (TPSA) is 18.5 Å². The molecule has 9 heavy (non-hydrogen) atoms. The largest absolute Gasteiger partial charge is 0.380 e. The third-order valence-corrected chi connectivity index (χ3v) is 1.07. The molecule has 0 aliphatic rings. The minimum absolute atomic E-state index is 0.671. The van der Waals surface area contributed by atoms with E-state index in [9.17, 15) is 0 Å². The lowest BCUT2D eigenvalue weighted by Gasteiger charge is -2.02. The summed E-state index contributed by atoms with van der Waals surface area (Å²) < 4.78 is 9.80. The Hall–Kier alpha value is -0.340. The Bertz CT molecular complexity index is 78.9. The zero-order valence-corrected chi connectivity index (χ0v) is 6.31. The van der Waals surface area contributed by atoms with Gasteiger partial charge in [-0.25, -0.2) is 0 Å². The summed E-state index contributed by atoms with van der Waals surface area (Å²) >= 11 is 0. The number of hydrogen-bond donors (Lipinski definition) is 0. The summed E-state index contributed by atoms with van der Waals surface area (Å²) in [6, 6.07) is 0. The van der Waals surface area contributed by atoms with Crippen molar-refractivity contribution in [2.24, 2.45) is 0 Å². The van der Waals surface area contributed by atoms with E-state index in [1.54, 1.807) is 14.2 Å². The number of hydrogen-bond acceptors (Lipinski definition) is 2. The SMILES string of the molecule is CC=C(COC)COC. The van der Waals surface area contributed by atoms with Gasteiger partial charge in [0.25, 0.3) is 0 Å². The lowest BCUT2D eigenvalue weighted by molar-refractivity contribution is 0.181. The smallest absolute Gasteiger partial charge is 0.0695 e. The zero-order valence-electron chi connectivity index (χ0n) is 6.31. The van der Waals surface area contributed by atoms with Gasteiger partial charge >= 0.3 is 0 Å². The van der Waals surface area contributed by atoms with Gasteiger partial charge in [0.2, 0.25) is 0 Å². The minimum Gasteiger partial charge on any atom is -0.380 e. The summed E-state index contributed by atoms with van der Waals surface area (Å²) in [4.78, 5) is 0. The number of rotatable bonds is 4. The molecular weight excluding hydrogens is 116 g/mol. The average molecular weight is 130 g/mol. The van der Waals surface area contributed by atoms with Crippen molar-refractivity contribution in [3.63, 3.8) is 0 Å². The highest BCUT2D eigenvalue weighted by molar-refractivity contribution is 5.00. The molecule has 0 aromatic heterocycles. The molecule has 0 saturated heterocycles. The van der Waals surface area contributed by atoms with Crippen LogP contribution in [0.2, 0.25) is 0 Å². The van der Waals surface area contributed by atoms with Crippen molar-refractivity contribution in [3.05, 3.63) is 11.6 Å². The molecule has 0 rings (SSSR count). The van der Waals surface area contributed by atoms with E-state index in [1.165, 1.54) is 5.57 Å². The standard InChI is InChI=1S/C7H14O2/c1-4-7(5-8-2)6-9-3/h4H,5-6H2,1-3H3. The first-order valence-corrected chi connectivity index (χ1v) is 2.97. The second-order valence-corrected chi connectivity index (χ2v) is 1.81. The van der Waals surface area contributed by atoms with Crippen molar-refractivity contribution in [2.75, 3.05) is 27.4 Å². The van der Waals surface area contributed by atoms with Gasteiger partial charge in [-0.3, -0.25) is 0 Å². The van der Waals surface area contributed by atoms with Crippen LogP contribution in [-0.2, 0) is 9.47 Å². The Morgan fingerprint density at radius 2 is 1.67 bits per heavy atom. The zero-order chi connectivity index (χ0) is 7.11. The highest BCUT2D eigenvalue weighted by Crippen LogP contribution is 1.93. The third kappa shape index (κ3) is 4.18. The fourth-order valence-electron chi connectivity index (χ4n) is 0.579. The van der Waals surface area contributed by atoms with Crippen LogP contribution in [0.25, 0.3) is 0 Å². The van der Waals surface area contributed by atoms with E-state index in [4.69, 9.17) is 9.47 Å². The lowest BCUT2D eigenvalue weighted by atomic mass is 10.3. The molecule has 0 heterocycles. The second kappa shape index (κ2) is 5.79. The van der Waals surface area contributed by atoms with Crippen molar-refractivity contribution in [1.29, 1.82) is 0 Å². The van der Waals surface area contributed by atoms with Crippen LogP contribution in [0, 0.1) is 0 Å². The summed E-state index contributed by atoms with van der Waals surface area (Å²) in [5.74, 6) is 0. The molecule has 0 radical (unpaired) electrons. The summed E-state index contributed by atoms with van der Waals surface area (Å²) in [7, 11) is 3.36. The molecule has 0 spiro atoms. The summed E-state index contributed by atoms with van der Waals surface area (Å²) in [6.07, 6.45) is 2.01. The van der Waals surface area contributed by atoms with Crippen LogP contribution >= 0.6 is 0 Å².